The second-order valence-corrected chi connectivity index (χ2v) is 3.96. The van der Waals surface area contributed by atoms with E-state index < -0.39 is 0 Å². The minimum Gasteiger partial charge on any atom is -0.379 e. The third-order valence-corrected chi connectivity index (χ3v) is 2.86. The third-order valence-electron chi connectivity index (χ3n) is 2.86. The number of ether oxygens (including phenoxy) is 1. The Hall–Kier alpha value is -0.0800. The summed E-state index contributed by atoms with van der Waals surface area (Å²) in [6.07, 6.45) is 6.22. The maximum absolute atomic E-state index is 5.54. The van der Waals surface area contributed by atoms with Crippen molar-refractivity contribution in [2.45, 2.75) is 44.6 Å². The second kappa shape index (κ2) is 4.83. The van der Waals surface area contributed by atoms with Crippen LogP contribution in [0.3, 0.4) is 0 Å². The summed E-state index contributed by atoms with van der Waals surface area (Å²) in [5.74, 6) is 0. The Kier molecular flexibility index (Phi) is 4.02. The molecule has 1 aliphatic heterocycles. The summed E-state index contributed by atoms with van der Waals surface area (Å²) in [7, 11) is 1.84. The van der Waals surface area contributed by atoms with Gasteiger partial charge in [0.05, 0.1) is 5.60 Å². The van der Waals surface area contributed by atoms with Crippen LogP contribution in [-0.4, -0.2) is 25.8 Å². The highest BCUT2D eigenvalue weighted by atomic mass is 16.5. The Morgan fingerprint density at radius 1 is 1.08 bits per heavy atom. The van der Waals surface area contributed by atoms with E-state index in [-0.39, 0.29) is 5.60 Å². The molecule has 72 valence electrons. The van der Waals surface area contributed by atoms with E-state index >= 15 is 0 Å². The number of hydrogen-bond donors (Lipinski definition) is 1. The molecule has 2 heteroatoms. The van der Waals surface area contributed by atoms with Crippen LogP contribution in [0.15, 0.2) is 0 Å². The zero-order valence-corrected chi connectivity index (χ0v) is 8.36. The molecular formula is C10H21NO. The smallest absolute Gasteiger partial charge is 0.0651 e. The molecule has 0 aliphatic carbocycles. The summed E-state index contributed by atoms with van der Waals surface area (Å²) in [4.78, 5) is 0. The highest BCUT2D eigenvalue weighted by Gasteiger charge is 2.22. The van der Waals surface area contributed by atoms with Crippen LogP contribution in [0, 0.1) is 0 Å². The van der Waals surface area contributed by atoms with Crippen LogP contribution in [-0.2, 0) is 4.74 Å². The molecule has 1 N–H and O–H groups in total. The lowest BCUT2D eigenvalue weighted by Gasteiger charge is -2.27. The number of hydrogen-bond acceptors (Lipinski definition) is 2. The van der Waals surface area contributed by atoms with Gasteiger partial charge in [-0.3, -0.25) is 0 Å². The van der Waals surface area contributed by atoms with E-state index in [1.165, 1.54) is 38.6 Å². The Bertz CT molecular complexity index is 115. The molecule has 12 heavy (non-hydrogen) atoms. The predicted octanol–water partition coefficient (Wildman–Crippen LogP) is 1.95. The van der Waals surface area contributed by atoms with Crippen LogP contribution in [0.25, 0.3) is 0 Å². The molecule has 1 aliphatic rings. The monoisotopic (exact) mass is 171 g/mol. The van der Waals surface area contributed by atoms with Crippen LogP contribution in [0.4, 0.5) is 0 Å². The minimum absolute atomic E-state index is 0.145. The molecule has 1 atom stereocenters. The molecule has 0 spiro atoms. The first-order chi connectivity index (χ1) is 5.77. The molecule has 0 amide bonds. The van der Waals surface area contributed by atoms with Gasteiger partial charge < -0.3 is 10.1 Å². The van der Waals surface area contributed by atoms with Gasteiger partial charge in [-0.05, 0) is 52.1 Å². The fourth-order valence-corrected chi connectivity index (χ4v) is 1.79. The summed E-state index contributed by atoms with van der Waals surface area (Å²) < 4.78 is 5.54. The maximum Gasteiger partial charge on any atom is 0.0651 e. The quantitative estimate of drug-likeness (QED) is 0.651. The van der Waals surface area contributed by atoms with Crippen molar-refractivity contribution >= 4 is 0 Å². The van der Waals surface area contributed by atoms with Gasteiger partial charge in [0, 0.05) is 7.11 Å². The number of rotatable bonds is 1. The molecule has 0 bridgehead atoms. The molecule has 0 radical (unpaired) electrons. The Labute approximate surface area is 75.7 Å². The molecule has 0 aromatic heterocycles. The number of nitrogens with one attached hydrogen (secondary N) is 1. The van der Waals surface area contributed by atoms with Crippen LogP contribution >= 0.6 is 0 Å². The van der Waals surface area contributed by atoms with Crippen molar-refractivity contribution in [2.24, 2.45) is 0 Å². The summed E-state index contributed by atoms with van der Waals surface area (Å²) in [6.45, 7) is 4.57. The largest absolute Gasteiger partial charge is 0.379 e. The van der Waals surface area contributed by atoms with Gasteiger partial charge in [-0.15, -0.1) is 0 Å². The van der Waals surface area contributed by atoms with E-state index in [0.717, 1.165) is 6.54 Å². The molecule has 1 unspecified atom stereocenters. The summed E-state index contributed by atoms with van der Waals surface area (Å²) in [5, 5.41) is 3.43. The van der Waals surface area contributed by atoms with Crippen LogP contribution in [0.2, 0.25) is 0 Å². The fraction of sp³-hybridized carbons (Fsp3) is 1.00. The first kappa shape index (κ1) is 10.0. The van der Waals surface area contributed by atoms with E-state index in [9.17, 15) is 0 Å². The molecule has 1 heterocycles. The summed E-state index contributed by atoms with van der Waals surface area (Å²) in [6, 6.07) is 0. The maximum atomic E-state index is 5.54. The van der Waals surface area contributed by atoms with Gasteiger partial charge >= 0.3 is 0 Å². The van der Waals surface area contributed by atoms with E-state index in [4.69, 9.17) is 4.74 Å². The Morgan fingerprint density at radius 2 is 1.75 bits per heavy atom. The van der Waals surface area contributed by atoms with Gasteiger partial charge in [-0.25, -0.2) is 0 Å². The third kappa shape index (κ3) is 3.11. The van der Waals surface area contributed by atoms with Gasteiger partial charge in [0.2, 0.25) is 0 Å². The van der Waals surface area contributed by atoms with Crippen molar-refractivity contribution in [1.29, 1.82) is 0 Å². The summed E-state index contributed by atoms with van der Waals surface area (Å²) in [5.41, 5.74) is 0.145. The Balaban J connectivity index is 2.38. The van der Waals surface area contributed by atoms with Gasteiger partial charge in [-0.2, -0.15) is 0 Å². The Morgan fingerprint density at radius 3 is 2.50 bits per heavy atom. The lowest BCUT2D eigenvalue weighted by Crippen LogP contribution is -2.27. The second-order valence-electron chi connectivity index (χ2n) is 3.96. The standard InChI is InChI=1S/C10H21NO/c1-10(12-2)6-3-4-8-11-9-5-7-10/h11H,3-9H2,1-2H3. The molecule has 1 fully saturated rings. The zero-order chi connectivity index (χ0) is 8.86. The molecule has 1 saturated heterocycles. The van der Waals surface area contributed by atoms with Gasteiger partial charge in [0.15, 0.2) is 0 Å². The lowest BCUT2D eigenvalue weighted by atomic mass is 9.94. The van der Waals surface area contributed by atoms with Crippen LogP contribution in [0.5, 0.6) is 0 Å². The van der Waals surface area contributed by atoms with Crippen molar-refractivity contribution in [2.75, 3.05) is 20.2 Å². The van der Waals surface area contributed by atoms with E-state index in [0.29, 0.717) is 0 Å². The normalized spacial score (nSPS) is 33.5. The van der Waals surface area contributed by atoms with Crippen molar-refractivity contribution in [3.63, 3.8) is 0 Å². The van der Waals surface area contributed by atoms with Crippen molar-refractivity contribution in [1.82, 2.24) is 5.32 Å². The van der Waals surface area contributed by atoms with E-state index in [1.807, 2.05) is 7.11 Å². The topological polar surface area (TPSA) is 21.3 Å². The molecule has 0 aromatic rings. The average Bonchev–Trinajstić information content (AvgIpc) is 2.18. The van der Waals surface area contributed by atoms with Crippen LogP contribution in [0.1, 0.15) is 39.0 Å². The SMILES string of the molecule is COC1(C)CCCCNCCC1. The highest BCUT2D eigenvalue weighted by Crippen LogP contribution is 2.24. The molecular weight excluding hydrogens is 150 g/mol. The van der Waals surface area contributed by atoms with E-state index in [2.05, 4.69) is 12.2 Å². The molecule has 1 rings (SSSR count). The van der Waals surface area contributed by atoms with Crippen LogP contribution < -0.4 is 5.32 Å². The fourth-order valence-electron chi connectivity index (χ4n) is 1.79. The number of methoxy groups -OCH3 is 1. The molecule has 2 nitrogen and oxygen atoms in total. The van der Waals surface area contributed by atoms with E-state index in [1.54, 1.807) is 0 Å². The van der Waals surface area contributed by atoms with Crippen molar-refractivity contribution in [3.05, 3.63) is 0 Å². The summed E-state index contributed by atoms with van der Waals surface area (Å²) >= 11 is 0. The predicted molar refractivity (Wildman–Crippen MR) is 51.4 cm³/mol. The average molecular weight is 171 g/mol. The first-order valence-corrected chi connectivity index (χ1v) is 5.03. The molecule has 0 aromatic carbocycles. The van der Waals surface area contributed by atoms with Gasteiger partial charge in [0.25, 0.3) is 0 Å². The first-order valence-electron chi connectivity index (χ1n) is 5.03. The zero-order valence-electron chi connectivity index (χ0n) is 8.36. The minimum atomic E-state index is 0.145. The van der Waals surface area contributed by atoms with Crippen molar-refractivity contribution in [3.8, 4) is 0 Å². The van der Waals surface area contributed by atoms with Crippen molar-refractivity contribution < 1.29 is 4.74 Å². The highest BCUT2D eigenvalue weighted by molar-refractivity contribution is 4.76. The molecule has 0 saturated carbocycles. The van der Waals surface area contributed by atoms with Gasteiger partial charge in [0.1, 0.15) is 0 Å². The lowest BCUT2D eigenvalue weighted by molar-refractivity contribution is -0.0100. The van der Waals surface area contributed by atoms with Gasteiger partial charge in [-0.1, -0.05) is 0 Å².